The van der Waals surface area contributed by atoms with Gasteiger partial charge in [-0.3, -0.25) is 14.5 Å². The van der Waals surface area contributed by atoms with E-state index in [-0.39, 0.29) is 13.0 Å². The molecule has 0 aliphatic rings. The monoisotopic (exact) mass is 283 g/mol. The minimum atomic E-state index is -1.07. The number of carboxylic acid groups (broad SMARTS) is 2. The fourth-order valence-corrected chi connectivity index (χ4v) is 2.05. The first kappa shape index (κ1) is 16.1. The van der Waals surface area contributed by atoms with Gasteiger partial charge in [-0.05, 0) is 30.7 Å². The summed E-state index contributed by atoms with van der Waals surface area (Å²) in [6.45, 7) is 2.48. The fraction of sp³-hybridized carbons (Fsp3) is 0.429. The molecule has 20 heavy (non-hydrogen) atoms. The molecule has 0 fully saturated rings. The molecule has 0 aliphatic carbocycles. The van der Waals surface area contributed by atoms with Gasteiger partial charge in [0.2, 0.25) is 0 Å². The zero-order valence-electron chi connectivity index (χ0n) is 11.3. The van der Waals surface area contributed by atoms with Crippen LogP contribution in [-0.2, 0) is 9.59 Å². The Balaban J connectivity index is 2.97. The zero-order chi connectivity index (χ0) is 15.1. The van der Waals surface area contributed by atoms with Crippen LogP contribution in [0.4, 0.5) is 4.39 Å². The molecule has 1 aromatic rings. The third kappa shape index (κ3) is 4.62. The van der Waals surface area contributed by atoms with Crippen molar-refractivity contribution >= 4 is 11.9 Å². The lowest BCUT2D eigenvalue weighted by molar-refractivity contribution is -0.145. The first-order chi connectivity index (χ1) is 9.45. The van der Waals surface area contributed by atoms with Crippen LogP contribution in [0, 0.1) is 5.82 Å². The highest BCUT2D eigenvalue weighted by atomic mass is 19.1. The van der Waals surface area contributed by atoms with E-state index in [1.807, 2.05) is 6.92 Å². The summed E-state index contributed by atoms with van der Waals surface area (Å²) in [5, 5.41) is 18.1. The molecular weight excluding hydrogens is 265 g/mol. The predicted octanol–water partition coefficient (Wildman–Crippen LogP) is 2.14. The Kier molecular flexibility index (Phi) is 6.11. The Hall–Kier alpha value is -1.95. The van der Waals surface area contributed by atoms with Crippen molar-refractivity contribution in [2.45, 2.75) is 25.8 Å². The van der Waals surface area contributed by atoms with Gasteiger partial charge in [0.1, 0.15) is 11.9 Å². The van der Waals surface area contributed by atoms with Crippen LogP contribution < -0.4 is 0 Å². The highest BCUT2D eigenvalue weighted by Gasteiger charge is 2.27. The standard InChI is InChI=1S/C14H18FNO4/c1-2-8-16(9-7-12(17)18)13(14(19)20)10-3-5-11(15)6-4-10/h3-6,13H,2,7-9H2,1H3,(H,17,18)(H,19,20). The third-order valence-electron chi connectivity index (χ3n) is 2.91. The molecule has 0 saturated heterocycles. The van der Waals surface area contributed by atoms with Gasteiger partial charge in [-0.1, -0.05) is 19.1 Å². The summed E-state index contributed by atoms with van der Waals surface area (Å²) in [5.74, 6) is -2.49. The van der Waals surface area contributed by atoms with E-state index in [0.29, 0.717) is 18.5 Å². The Morgan fingerprint density at radius 2 is 1.80 bits per heavy atom. The first-order valence-electron chi connectivity index (χ1n) is 6.39. The van der Waals surface area contributed by atoms with E-state index in [4.69, 9.17) is 5.11 Å². The minimum Gasteiger partial charge on any atom is -0.481 e. The fourth-order valence-electron chi connectivity index (χ4n) is 2.05. The third-order valence-corrected chi connectivity index (χ3v) is 2.91. The Morgan fingerprint density at radius 1 is 1.20 bits per heavy atom. The maximum Gasteiger partial charge on any atom is 0.325 e. The molecule has 1 rings (SSSR count). The van der Waals surface area contributed by atoms with Crippen LogP contribution >= 0.6 is 0 Å². The van der Waals surface area contributed by atoms with Crippen LogP contribution in [0.5, 0.6) is 0 Å². The molecule has 0 heterocycles. The largest absolute Gasteiger partial charge is 0.481 e. The molecule has 5 nitrogen and oxygen atoms in total. The molecule has 1 aromatic carbocycles. The topological polar surface area (TPSA) is 77.8 Å². The van der Waals surface area contributed by atoms with Crippen molar-refractivity contribution in [1.82, 2.24) is 4.90 Å². The van der Waals surface area contributed by atoms with Gasteiger partial charge < -0.3 is 10.2 Å². The van der Waals surface area contributed by atoms with Gasteiger partial charge in [-0.25, -0.2) is 4.39 Å². The van der Waals surface area contributed by atoms with Crippen molar-refractivity contribution in [3.8, 4) is 0 Å². The van der Waals surface area contributed by atoms with Gasteiger partial charge in [0.15, 0.2) is 0 Å². The van der Waals surface area contributed by atoms with E-state index in [1.165, 1.54) is 24.3 Å². The van der Waals surface area contributed by atoms with Crippen LogP contribution in [0.15, 0.2) is 24.3 Å². The van der Waals surface area contributed by atoms with E-state index in [9.17, 15) is 19.1 Å². The number of rotatable bonds is 8. The summed E-state index contributed by atoms with van der Waals surface area (Å²) in [7, 11) is 0. The molecule has 6 heteroatoms. The molecule has 0 saturated carbocycles. The lowest BCUT2D eigenvalue weighted by Crippen LogP contribution is -2.36. The molecule has 0 radical (unpaired) electrons. The van der Waals surface area contributed by atoms with Gasteiger partial charge in [0, 0.05) is 6.54 Å². The summed E-state index contributed by atoms with van der Waals surface area (Å²) < 4.78 is 12.9. The average molecular weight is 283 g/mol. The highest BCUT2D eigenvalue weighted by molar-refractivity contribution is 5.75. The maximum absolute atomic E-state index is 12.9. The number of nitrogens with zero attached hydrogens (tertiary/aromatic N) is 1. The zero-order valence-corrected chi connectivity index (χ0v) is 11.3. The summed E-state index contributed by atoms with van der Waals surface area (Å²) in [5.41, 5.74) is 0.442. The van der Waals surface area contributed by atoms with Crippen molar-refractivity contribution < 1.29 is 24.2 Å². The number of hydrogen-bond donors (Lipinski definition) is 2. The van der Waals surface area contributed by atoms with E-state index in [0.717, 1.165) is 0 Å². The number of aliphatic carboxylic acids is 2. The van der Waals surface area contributed by atoms with E-state index < -0.39 is 23.8 Å². The van der Waals surface area contributed by atoms with Gasteiger partial charge >= 0.3 is 11.9 Å². The van der Waals surface area contributed by atoms with Crippen molar-refractivity contribution in [3.05, 3.63) is 35.6 Å². The highest BCUT2D eigenvalue weighted by Crippen LogP contribution is 2.22. The average Bonchev–Trinajstić information content (AvgIpc) is 2.38. The van der Waals surface area contributed by atoms with Gasteiger partial charge in [-0.15, -0.1) is 0 Å². The number of hydrogen-bond acceptors (Lipinski definition) is 3. The molecule has 0 aliphatic heterocycles. The lowest BCUT2D eigenvalue weighted by atomic mass is 10.0. The number of carboxylic acids is 2. The predicted molar refractivity (Wildman–Crippen MR) is 70.9 cm³/mol. The van der Waals surface area contributed by atoms with Crippen molar-refractivity contribution in [1.29, 1.82) is 0 Å². The second-order valence-corrected chi connectivity index (χ2v) is 4.47. The number of carbonyl (C=O) groups is 2. The van der Waals surface area contributed by atoms with Crippen molar-refractivity contribution in [2.75, 3.05) is 13.1 Å². The van der Waals surface area contributed by atoms with Crippen LogP contribution in [0.2, 0.25) is 0 Å². The Morgan fingerprint density at radius 3 is 2.25 bits per heavy atom. The Bertz CT molecular complexity index is 461. The van der Waals surface area contributed by atoms with E-state index in [2.05, 4.69) is 0 Å². The maximum atomic E-state index is 12.9. The Labute approximate surface area is 116 Å². The van der Waals surface area contributed by atoms with E-state index >= 15 is 0 Å². The van der Waals surface area contributed by atoms with Crippen molar-refractivity contribution in [2.24, 2.45) is 0 Å². The molecule has 1 atom stereocenters. The second-order valence-electron chi connectivity index (χ2n) is 4.47. The molecule has 0 bridgehead atoms. The number of halogens is 1. The van der Waals surface area contributed by atoms with Crippen molar-refractivity contribution in [3.63, 3.8) is 0 Å². The van der Waals surface area contributed by atoms with Gasteiger partial charge in [-0.2, -0.15) is 0 Å². The normalized spacial score (nSPS) is 12.3. The van der Waals surface area contributed by atoms with Gasteiger partial charge in [0.05, 0.1) is 6.42 Å². The second kappa shape index (κ2) is 7.59. The molecule has 0 aromatic heterocycles. The summed E-state index contributed by atoms with van der Waals surface area (Å²) in [4.78, 5) is 23.7. The molecule has 2 N–H and O–H groups in total. The molecule has 0 amide bonds. The number of benzene rings is 1. The quantitative estimate of drug-likeness (QED) is 0.764. The van der Waals surface area contributed by atoms with Crippen LogP contribution in [-0.4, -0.2) is 40.1 Å². The SMILES string of the molecule is CCCN(CCC(=O)O)C(C(=O)O)c1ccc(F)cc1. The lowest BCUT2D eigenvalue weighted by Gasteiger charge is -2.28. The molecule has 1 unspecified atom stereocenters. The molecular formula is C14H18FNO4. The minimum absolute atomic E-state index is 0.134. The van der Waals surface area contributed by atoms with Gasteiger partial charge in [0.25, 0.3) is 0 Å². The van der Waals surface area contributed by atoms with Crippen LogP contribution in [0.25, 0.3) is 0 Å². The van der Waals surface area contributed by atoms with Crippen LogP contribution in [0.3, 0.4) is 0 Å². The van der Waals surface area contributed by atoms with Crippen LogP contribution in [0.1, 0.15) is 31.4 Å². The summed E-state index contributed by atoms with van der Waals surface area (Å²) in [6.07, 6.45) is 0.565. The summed E-state index contributed by atoms with van der Waals surface area (Å²) in [6, 6.07) is 4.27. The summed E-state index contributed by atoms with van der Waals surface area (Å²) >= 11 is 0. The van der Waals surface area contributed by atoms with E-state index in [1.54, 1.807) is 4.90 Å². The molecule has 0 spiro atoms. The first-order valence-corrected chi connectivity index (χ1v) is 6.39. The smallest absolute Gasteiger partial charge is 0.325 e. The molecule has 110 valence electrons.